The second-order valence-corrected chi connectivity index (χ2v) is 10.0. The number of pyridine rings is 1. The van der Waals surface area contributed by atoms with Crippen molar-refractivity contribution in [2.24, 2.45) is 0 Å². The lowest BCUT2D eigenvalue weighted by molar-refractivity contribution is 0.0745. The number of aliphatic hydroxyl groups is 1. The summed E-state index contributed by atoms with van der Waals surface area (Å²) in [4.78, 5) is 31.4. The number of alkyl halides is 1. The van der Waals surface area contributed by atoms with E-state index in [2.05, 4.69) is 48.4 Å². The van der Waals surface area contributed by atoms with E-state index in [-0.39, 0.29) is 18.5 Å². The van der Waals surface area contributed by atoms with Crippen molar-refractivity contribution < 1.29 is 24.2 Å². The topological polar surface area (TPSA) is 125 Å². The number of hydrogen-bond acceptors (Lipinski definition) is 7. The maximum absolute atomic E-state index is 13.0. The molecule has 2 heterocycles. The lowest BCUT2D eigenvalue weighted by atomic mass is 10.1. The highest BCUT2D eigenvalue weighted by molar-refractivity contribution is 14.1. The maximum Gasteiger partial charge on any atom is 0.318 e. The molecule has 3 amide bonds. The minimum Gasteiger partial charge on any atom is -0.490 e. The van der Waals surface area contributed by atoms with Crippen LogP contribution in [-0.4, -0.2) is 72.9 Å². The van der Waals surface area contributed by atoms with Crippen LogP contribution >= 0.6 is 22.6 Å². The Bertz CT molecular complexity index is 1310. The largest absolute Gasteiger partial charge is 0.490 e. The molecule has 11 heteroatoms. The van der Waals surface area contributed by atoms with Gasteiger partial charge in [-0.25, -0.2) is 4.79 Å². The van der Waals surface area contributed by atoms with Crippen LogP contribution in [0.3, 0.4) is 0 Å². The fourth-order valence-electron chi connectivity index (χ4n) is 4.47. The molecule has 0 unspecified atom stereocenters. The van der Waals surface area contributed by atoms with Gasteiger partial charge in [0.05, 0.1) is 11.1 Å². The first-order valence-corrected chi connectivity index (χ1v) is 14.5. The van der Waals surface area contributed by atoms with Crippen molar-refractivity contribution in [3.05, 3.63) is 53.7 Å². The Morgan fingerprint density at radius 2 is 1.95 bits per heavy atom. The zero-order valence-corrected chi connectivity index (χ0v) is 24.3. The van der Waals surface area contributed by atoms with Gasteiger partial charge in [0.1, 0.15) is 30.0 Å². The number of aromatic nitrogens is 1. The van der Waals surface area contributed by atoms with Gasteiger partial charge < -0.3 is 35.4 Å². The van der Waals surface area contributed by atoms with E-state index in [9.17, 15) is 14.7 Å². The molecular weight excluding hydrogens is 613 g/mol. The Balaban J connectivity index is 1.60. The van der Waals surface area contributed by atoms with Crippen LogP contribution in [0.25, 0.3) is 10.9 Å². The predicted octanol–water partition coefficient (Wildman–Crippen LogP) is 4.30. The average Bonchev–Trinajstić information content (AvgIpc) is 3.45. The van der Waals surface area contributed by atoms with Gasteiger partial charge in [0.25, 0.3) is 5.91 Å². The molecule has 1 saturated heterocycles. The summed E-state index contributed by atoms with van der Waals surface area (Å²) in [7, 11) is 1.56. The molecule has 0 radical (unpaired) electrons. The van der Waals surface area contributed by atoms with Crippen LogP contribution in [0, 0.1) is 0 Å². The predicted molar refractivity (Wildman–Crippen MR) is 159 cm³/mol. The van der Waals surface area contributed by atoms with Gasteiger partial charge in [0.15, 0.2) is 0 Å². The standard InChI is InChI=1S/C28H34IN5O5/c1-3-31-27(36)22-13-21-24(14-26(22)38-17-19(35)16-34-10-4-5-11-34)32-9-8-25(21)39-20-6-7-23(18(12-20)15-29)33-28(37)30-2/h6-9,12-14,19,35H,3-5,10-11,15-17H2,1-2H3,(H,31,36)(H2,30,33,37)/t19-/m1/s1. The summed E-state index contributed by atoms with van der Waals surface area (Å²) in [5.41, 5.74) is 2.54. The van der Waals surface area contributed by atoms with Crippen molar-refractivity contribution in [2.45, 2.75) is 30.3 Å². The Morgan fingerprint density at radius 3 is 2.67 bits per heavy atom. The third kappa shape index (κ3) is 7.49. The number of β-amino-alcohol motifs (C(OH)–C–C–N with tert-alkyl or cyclic N) is 1. The van der Waals surface area contributed by atoms with E-state index < -0.39 is 6.10 Å². The molecule has 208 valence electrons. The summed E-state index contributed by atoms with van der Waals surface area (Å²) in [6, 6.07) is 10.3. The summed E-state index contributed by atoms with van der Waals surface area (Å²) < 4.78 is 12.9. The minimum absolute atomic E-state index is 0.0696. The fraction of sp³-hybridized carbons (Fsp3) is 0.393. The van der Waals surface area contributed by atoms with Crippen molar-refractivity contribution in [3.63, 3.8) is 0 Å². The molecule has 4 rings (SSSR count). The van der Waals surface area contributed by atoms with E-state index in [1.165, 1.54) is 0 Å². The number of nitrogens with zero attached hydrogens (tertiary/aromatic N) is 2. The molecule has 1 atom stereocenters. The molecule has 2 aromatic carbocycles. The highest BCUT2D eigenvalue weighted by Crippen LogP contribution is 2.35. The highest BCUT2D eigenvalue weighted by atomic mass is 127. The van der Waals surface area contributed by atoms with Crippen LogP contribution < -0.4 is 25.4 Å². The van der Waals surface area contributed by atoms with Gasteiger partial charge in [-0.1, -0.05) is 22.6 Å². The summed E-state index contributed by atoms with van der Waals surface area (Å²) >= 11 is 2.23. The Morgan fingerprint density at radius 1 is 1.15 bits per heavy atom. The first-order chi connectivity index (χ1) is 18.9. The second-order valence-electron chi connectivity index (χ2n) is 9.27. The van der Waals surface area contributed by atoms with Crippen molar-refractivity contribution in [1.82, 2.24) is 20.5 Å². The molecule has 3 aromatic rings. The highest BCUT2D eigenvalue weighted by Gasteiger charge is 2.20. The number of halogens is 1. The summed E-state index contributed by atoms with van der Waals surface area (Å²) in [6.07, 6.45) is 3.26. The summed E-state index contributed by atoms with van der Waals surface area (Å²) in [5, 5.41) is 19.4. The number of amides is 3. The van der Waals surface area contributed by atoms with E-state index in [1.54, 1.807) is 43.6 Å². The lowest BCUT2D eigenvalue weighted by Gasteiger charge is -2.20. The number of benzene rings is 2. The molecule has 10 nitrogen and oxygen atoms in total. The van der Waals surface area contributed by atoms with E-state index in [4.69, 9.17) is 9.47 Å². The molecule has 1 aliphatic rings. The third-order valence-electron chi connectivity index (χ3n) is 6.41. The molecule has 1 aromatic heterocycles. The number of nitrogens with one attached hydrogen (secondary N) is 3. The van der Waals surface area contributed by atoms with E-state index in [0.29, 0.717) is 56.9 Å². The van der Waals surface area contributed by atoms with Gasteiger partial charge in [-0.15, -0.1) is 0 Å². The van der Waals surface area contributed by atoms with Crippen LogP contribution in [0.1, 0.15) is 35.7 Å². The van der Waals surface area contributed by atoms with Crippen molar-refractivity contribution in [3.8, 4) is 17.2 Å². The van der Waals surface area contributed by atoms with Gasteiger partial charge in [-0.3, -0.25) is 9.78 Å². The van der Waals surface area contributed by atoms with Crippen molar-refractivity contribution in [2.75, 3.05) is 45.2 Å². The van der Waals surface area contributed by atoms with Crippen LogP contribution in [-0.2, 0) is 4.43 Å². The zero-order valence-electron chi connectivity index (χ0n) is 22.1. The number of likely N-dealkylation sites (tertiary alicyclic amines) is 1. The van der Waals surface area contributed by atoms with Gasteiger partial charge in [0, 0.05) is 47.9 Å². The number of anilines is 1. The first-order valence-electron chi connectivity index (χ1n) is 13.0. The average molecular weight is 648 g/mol. The van der Waals surface area contributed by atoms with Crippen molar-refractivity contribution in [1.29, 1.82) is 0 Å². The van der Waals surface area contributed by atoms with Gasteiger partial charge in [-0.2, -0.15) is 0 Å². The molecule has 0 spiro atoms. The second kappa shape index (κ2) is 13.8. The van der Waals surface area contributed by atoms with Crippen LogP contribution in [0.15, 0.2) is 42.6 Å². The molecule has 0 bridgehead atoms. The van der Waals surface area contributed by atoms with Gasteiger partial charge in [-0.05, 0) is 68.8 Å². The molecule has 39 heavy (non-hydrogen) atoms. The van der Waals surface area contributed by atoms with E-state index in [1.807, 2.05) is 13.0 Å². The quantitative estimate of drug-likeness (QED) is 0.181. The van der Waals surface area contributed by atoms with E-state index in [0.717, 1.165) is 31.5 Å². The van der Waals surface area contributed by atoms with Gasteiger partial charge in [0.2, 0.25) is 0 Å². The molecule has 0 aliphatic carbocycles. The molecule has 4 N–H and O–H groups in total. The number of ether oxygens (including phenoxy) is 2. The molecule has 1 fully saturated rings. The Labute approximate surface area is 241 Å². The number of rotatable bonds is 11. The van der Waals surface area contributed by atoms with Crippen LogP contribution in [0.4, 0.5) is 10.5 Å². The lowest BCUT2D eigenvalue weighted by Crippen LogP contribution is -2.34. The molecular formula is C28H34IN5O5. The third-order valence-corrected chi connectivity index (χ3v) is 7.23. The molecule has 0 saturated carbocycles. The number of urea groups is 1. The summed E-state index contributed by atoms with van der Waals surface area (Å²) in [6.45, 7) is 4.88. The molecule has 1 aliphatic heterocycles. The monoisotopic (exact) mass is 647 g/mol. The van der Waals surface area contributed by atoms with Gasteiger partial charge >= 0.3 is 6.03 Å². The normalized spacial score (nSPS) is 14.2. The van der Waals surface area contributed by atoms with E-state index >= 15 is 0 Å². The number of fused-ring (bicyclic) bond motifs is 1. The minimum atomic E-state index is -0.670. The Hall–Kier alpha value is -3.16. The SMILES string of the molecule is CCNC(=O)c1cc2c(Oc3ccc(NC(=O)NC)c(CI)c3)ccnc2cc1OC[C@H](O)CN1CCCC1. The van der Waals surface area contributed by atoms with Crippen molar-refractivity contribution >= 4 is 51.1 Å². The maximum atomic E-state index is 13.0. The fourth-order valence-corrected chi connectivity index (χ4v) is 5.10. The number of carbonyl (C=O) groups excluding carboxylic acids is 2. The Kier molecular flexibility index (Phi) is 10.2. The summed E-state index contributed by atoms with van der Waals surface area (Å²) in [5.74, 6) is 1.18. The zero-order chi connectivity index (χ0) is 27.8. The van der Waals surface area contributed by atoms with Crippen LogP contribution in [0.5, 0.6) is 17.2 Å². The number of carbonyl (C=O) groups is 2. The smallest absolute Gasteiger partial charge is 0.318 e. The van der Waals surface area contributed by atoms with Crippen LogP contribution in [0.2, 0.25) is 0 Å². The number of aliphatic hydroxyl groups excluding tert-OH is 1. The first kappa shape index (κ1) is 28.8. The number of hydrogen-bond donors (Lipinski definition) is 4.